The van der Waals surface area contributed by atoms with Crippen molar-refractivity contribution in [1.29, 1.82) is 0 Å². The van der Waals surface area contributed by atoms with E-state index in [4.69, 9.17) is 51.8 Å². The molecule has 8 rings (SSSR count). The van der Waals surface area contributed by atoms with Crippen molar-refractivity contribution in [3.63, 3.8) is 0 Å². The molecule has 424 valence electrons. The van der Waals surface area contributed by atoms with Gasteiger partial charge in [-0.25, -0.2) is 9.59 Å². The molecule has 4 heterocycles. The number of aliphatic hydroxyl groups is 9. The van der Waals surface area contributed by atoms with Gasteiger partial charge in [0.25, 0.3) is 0 Å². The van der Waals surface area contributed by atoms with Crippen molar-refractivity contribution in [2.45, 2.75) is 92.1 Å². The third-order valence-corrected chi connectivity index (χ3v) is 12.9. The summed E-state index contributed by atoms with van der Waals surface area (Å²) < 4.78 is 63.0. The van der Waals surface area contributed by atoms with Gasteiger partial charge in [0, 0.05) is 29.8 Å². The van der Waals surface area contributed by atoms with E-state index in [2.05, 4.69) is 0 Å². The van der Waals surface area contributed by atoms with Gasteiger partial charge in [-0.1, -0.05) is 12.1 Å². The van der Waals surface area contributed by atoms with E-state index in [9.17, 15) is 75.7 Å². The summed E-state index contributed by atoms with van der Waals surface area (Å²) in [7, 11) is 2.66. The summed E-state index contributed by atoms with van der Waals surface area (Å²) >= 11 is 0. The summed E-state index contributed by atoms with van der Waals surface area (Å²) in [4.78, 5) is 39.0. The number of rotatable bonds is 18. The molecule has 3 saturated heterocycles. The maximum absolute atomic E-state index is 13.2. The Hall–Kier alpha value is -7.41. The maximum Gasteiger partial charge on any atom is 0.330 e. The summed E-state index contributed by atoms with van der Waals surface area (Å²) in [5.41, 5.74) is 0.185. The Morgan fingerprint density at radius 2 is 1.05 bits per heavy atom. The highest BCUT2D eigenvalue weighted by molar-refractivity contribution is 5.88. The zero-order valence-corrected chi connectivity index (χ0v) is 41.7. The molecule has 0 unspecified atom stereocenters. The van der Waals surface area contributed by atoms with Gasteiger partial charge in [-0.15, -0.1) is 0 Å². The summed E-state index contributed by atoms with van der Waals surface area (Å²) in [6, 6.07) is 17.0. The van der Waals surface area contributed by atoms with Gasteiger partial charge in [0.15, 0.2) is 52.3 Å². The minimum absolute atomic E-state index is 0.107. The van der Waals surface area contributed by atoms with Crippen molar-refractivity contribution < 1.29 is 123 Å². The third-order valence-electron chi connectivity index (χ3n) is 12.9. The van der Waals surface area contributed by atoms with Gasteiger partial charge in [-0.3, -0.25) is 4.79 Å². The van der Waals surface area contributed by atoms with Crippen LogP contribution in [0.25, 0.3) is 34.8 Å². The first kappa shape index (κ1) is 57.8. The SMILES string of the molecule is COc1cc(C=CC(=O)OC[C@H]2O[C@@H](O[C@H]3[C@H](Oc4cc5c(O[C@@H]6O[C@H](CO)[C@@H](O)[C@H](O)[C@H]6O)cc(=O)cc-5oc4-c4ccc(O)cc4)O[C@H](COC(=O)C=Cc4ccc(O)c(OC)c4)[C@@H](O)[C@@H]3O)[C@H](O)[C@@H](O)[C@@H]2O)ccc1O. The molecule has 4 aliphatic heterocycles. The monoisotopic (exact) mass is 1110 g/mol. The van der Waals surface area contributed by atoms with Crippen LogP contribution in [0.1, 0.15) is 11.1 Å². The first-order valence-electron chi connectivity index (χ1n) is 24.1. The van der Waals surface area contributed by atoms with Gasteiger partial charge in [0.2, 0.25) is 12.6 Å². The fraction of sp³-hybridized carbons (Fsp3) is 0.377. The van der Waals surface area contributed by atoms with Crippen molar-refractivity contribution in [1.82, 2.24) is 0 Å². The molecular formula is C53H56O26. The standard InChI is InChI=1S/C53H56O26/c1-69-33-15-23(3-11-29(33)57)5-13-39(59)71-21-37-42(62)45(65)48(68)52(77-37)79-50-46(66)43(63)38(22-72-40(60)14-6-24-4-12-30(58)34(16-24)70-2)78-53(50)75-35-19-28-31(73-49(35)25-7-9-26(55)10-8-25)17-27(56)18-32(28)74-51-47(67)44(64)41(61)36(20-54)76-51/h3-19,36-38,41-48,50-55,57-58,61-68H,20-22H2,1-2H3/t36-,37-,38-,41-,42-,43-,44+,45+,46+,47-,48-,50-,51-,52+,53-/m1/s1. The molecule has 0 amide bonds. The number of aliphatic hydroxyl groups excluding tert-OH is 9. The fourth-order valence-electron chi connectivity index (χ4n) is 8.53. The first-order valence-corrected chi connectivity index (χ1v) is 24.1. The molecule has 15 atom stereocenters. The number of carbonyl (C=O) groups is 2. The van der Waals surface area contributed by atoms with E-state index in [-0.39, 0.29) is 62.9 Å². The molecule has 5 aliphatic rings. The van der Waals surface area contributed by atoms with Crippen LogP contribution in [0.15, 0.2) is 100 Å². The van der Waals surface area contributed by atoms with E-state index < -0.39 is 129 Å². The highest BCUT2D eigenvalue weighted by Gasteiger charge is 2.52. The second-order valence-electron chi connectivity index (χ2n) is 18.2. The molecule has 0 aromatic heterocycles. The van der Waals surface area contributed by atoms with Crippen molar-refractivity contribution in [2.24, 2.45) is 0 Å². The van der Waals surface area contributed by atoms with Crippen LogP contribution >= 0.6 is 0 Å². The first-order chi connectivity index (χ1) is 37.8. The quantitative estimate of drug-likeness (QED) is 0.0380. The Morgan fingerprint density at radius 3 is 1.61 bits per heavy atom. The highest BCUT2D eigenvalue weighted by Crippen LogP contribution is 2.44. The average Bonchev–Trinajstić information content (AvgIpc) is 3.47. The smallest absolute Gasteiger partial charge is 0.330 e. The number of phenols is 3. The van der Waals surface area contributed by atoms with Crippen molar-refractivity contribution in [3.05, 3.63) is 112 Å². The third kappa shape index (κ3) is 13.2. The molecule has 0 spiro atoms. The van der Waals surface area contributed by atoms with Gasteiger partial charge >= 0.3 is 11.9 Å². The van der Waals surface area contributed by atoms with Crippen LogP contribution in [0.4, 0.5) is 0 Å². The number of aromatic hydroxyl groups is 3. The van der Waals surface area contributed by atoms with Gasteiger partial charge in [-0.2, -0.15) is 0 Å². The lowest BCUT2D eigenvalue weighted by Gasteiger charge is -2.46. The van der Waals surface area contributed by atoms with Crippen LogP contribution in [-0.2, 0) is 38.0 Å². The Bertz CT molecular complexity index is 2990. The molecule has 3 fully saturated rings. The number of methoxy groups -OCH3 is 2. The number of carbonyl (C=O) groups excluding carboxylic acids is 2. The van der Waals surface area contributed by atoms with Crippen LogP contribution in [0, 0.1) is 0 Å². The molecule has 0 radical (unpaired) electrons. The Morgan fingerprint density at radius 1 is 0.544 bits per heavy atom. The number of esters is 2. The van der Waals surface area contributed by atoms with Crippen molar-refractivity contribution >= 4 is 24.1 Å². The van der Waals surface area contributed by atoms with Gasteiger partial charge in [0.1, 0.15) is 97.6 Å². The minimum Gasteiger partial charge on any atom is -0.508 e. The lowest BCUT2D eigenvalue weighted by Crippen LogP contribution is -2.65. The minimum atomic E-state index is -2.13. The van der Waals surface area contributed by atoms with E-state index in [1.807, 2.05) is 0 Å². The molecular weight excluding hydrogens is 1050 g/mol. The molecule has 26 heteroatoms. The second kappa shape index (κ2) is 25.1. The van der Waals surface area contributed by atoms with Crippen molar-refractivity contribution in [2.75, 3.05) is 34.0 Å². The Labute approximate surface area is 447 Å². The van der Waals surface area contributed by atoms with E-state index in [1.54, 1.807) is 0 Å². The molecule has 3 aromatic rings. The molecule has 1 aliphatic carbocycles. The number of ether oxygens (including phenoxy) is 10. The van der Waals surface area contributed by atoms with E-state index in [0.717, 1.165) is 24.3 Å². The van der Waals surface area contributed by atoms with Crippen LogP contribution in [0.5, 0.6) is 40.2 Å². The molecule has 3 aromatic carbocycles. The van der Waals surface area contributed by atoms with Crippen LogP contribution < -0.4 is 24.4 Å². The van der Waals surface area contributed by atoms with Gasteiger partial charge in [0.05, 0.1) is 26.4 Å². The Kier molecular flexibility index (Phi) is 18.4. The second-order valence-corrected chi connectivity index (χ2v) is 18.2. The molecule has 79 heavy (non-hydrogen) atoms. The van der Waals surface area contributed by atoms with Gasteiger partial charge < -0.3 is 113 Å². The number of fused-ring (bicyclic) bond motifs is 1. The molecule has 26 nitrogen and oxygen atoms in total. The van der Waals surface area contributed by atoms with Crippen molar-refractivity contribution in [3.8, 4) is 62.9 Å². The van der Waals surface area contributed by atoms with Crippen LogP contribution in [0.3, 0.4) is 0 Å². The molecule has 12 N–H and O–H groups in total. The van der Waals surface area contributed by atoms with Crippen LogP contribution in [-0.4, -0.2) is 199 Å². The predicted molar refractivity (Wildman–Crippen MR) is 265 cm³/mol. The van der Waals surface area contributed by atoms with Crippen LogP contribution in [0.2, 0.25) is 0 Å². The van der Waals surface area contributed by atoms with E-state index in [1.165, 1.54) is 93.1 Å². The summed E-state index contributed by atoms with van der Waals surface area (Å²) in [6.07, 6.45) is -23.8. The fourth-order valence-corrected chi connectivity index (χ4v) is 8.53. The molecule has 0 bridgehead atoms. The maximum atomic E-state index is 13.2. The summed E-state index contributed by atoms with van der Waals surface area (Å²) in [5, 5.41) is 128. The number of hydrogen-bond donors (Lipinski definition) is 12. The van der Waals surface area contributed by atoms with E-state index >= 15 is 0 Å². The normalized spacial score (nSPS) is 29.1. The lowest BCUT2D eigenvalue weighted by molar-refractivity contribution is -0.358. The Balaban J connectivity index is 1.11. The summed E-state index contributed by atoms with van der Waals surface area (Å²) in [5.74, 6) is -3.35. The summed E-state index contributed by atoms with van der Waals surface area (Å²) in [6.45, 7) is -2.35. The average molecular weight is 1110 g/mol. The topological polar surface area (TPSA) is 399 Å². The van der Waals surface area contributed by atoms with Gasteiger partial charge in [-0.05, 0) is 77.9 Å². The zero-order valence-electron chi connectivity index (χ0n) is 41.7. The number of benzene rings is 4. The molecule has 0 saturated carbocycles. The predicted octanol–water partition coefficient (Wildman–Crippen LogP) is -0.744. The number of hydrogen-bond acceptors (Lipinski definition) is 26. The van der Waals surface area contributed by atoms with E-state index in [0.29, 0.717) is 11.1 Å². The zero-order chi connectivity index (χ0) is 56.8. The highest BCUT2D eigenvalue weighted by atomic mass is 16.8. The lowest BCUT2D eigenvalue weighted by atomic mass is 9.97. The number of phenolic OH excluding ortho intramolecular Hbond substituents is 3. The largest absolute Gasteiger partial charge is 0.508 e.